The first kappa shape index (κ1) is 15.6. The maximum Gasteiger partial charge on any atom is 0.460 e. The lowest BCUT2D eigenvalue weighted by atomic mass is 10.1. The van der Waals surface area contributed by atoms with E-state index >= 15 is 0 Å². The molecular formula is C7H6F7NO2. The molecule has 0 spiro atoms. The molecule has 0 bridgehead atoms. The summed E-state index contributed by atoms with van der Waals surface area (Å²) in [5.74, 6) is -18.0. The molecule has 1 amide bonds. The molecule has 0 atom stereocenters. The number of hydrogen-bond acceptors (Lipinski definition) is 2. The molecule has 0 aliphatic carbocycles. The Morgan fingerprint density at radius 3 is 1.47 bits per heavy atom. The van der Waals surface area contributed by atoms with Crippen LogP contribution in [0.1, 0.15) is 0 Å². The third-order valence-corrected chi connectivity index (χ3v) is 1.64. The third kappa shape index (κ3) is 2.50. The van der Waals surface area contributed by atoms with Gasteiger partial charge in [0.15, 0.2) is 0 Å². The Hall–Kier alpha value is -1.35. The van der Waals surface area contributed by atoms with Crippen LogP contribution in [0.15, 0.2) is 0 Å². The molecule has 0 aliphatic rings. The largest absolute Gasteiger partial charge is 0.460 e. The highest BCUT2D eigenvalue weighted by atomic mass is 19.4. The van der Waals surface area contributed by atoms with Gasteiger partial charge in [0, 0.05) is 14.1 Å². The summed E-state index contributed by atoms with van der Waals surface area (Å²) in [6, 6.07) is 0. The number of ketones is 1. The smallest absolute Gasteiger partial charge is 0.342 e. The van der Waals surface area contributed by atoms with E-state index in [0.29, 0.717) is 0 Å². The van der Waals surface area contributed by atoms with Crippen molar-refractivity contribution in [1.29, 1.82) is 0 Å². The highest BCUT2D eigenvalue weighted by Gasteiger charge is 2.77. The summed E-state index contributed by atoms with van der Waals surface area (Å²) in [6.45, 7) is 0. The molecule has 0 fully saturated rings. The van der Waals surface area contributed by atoms with Crippen molar-refractivity contribution in [3.05, 3.63) is 0 Å². The molecule has 0 aromatic rings. The van der Waals surface area contributed by atoms with Crippen molar-refractivity contribution in [2.24, 2.45) is 0 Å². The van der Waals surface area contributed by atoms with Crippen LogP contribution < -0.4 is 0 Å². The van der Waals surface area contributed by atoms with Crippen LogP contribution in [0.3, 0.4) is 0 Å². The summed E-state index contributed by atoms with van der Waals surface area (Å²) in [5.41, 5.74) is 0. The highest BCUT2D eigenvalue weighted by molar-refractivity contribution is 6.38. The van der Waals surface area contributed by atoms with Gasteiger partial charge in [-0.25, -0.2) is 0 Å². The molecule has 3 nitrogen and oxygen atoms in total. The van der Waals surface area contributed by atoms with Crippen LogP contribution in [0.4, 0.5) is 30.7 Å². The van der Waals surface area contributed by atoms with E-state index in [1.165, 1.54) is 0 Å². The number of hydrogen-bond donors (Lipinski definition) is 0. The molecule has 0 rings (SSSR count). The van der Waals surface area contributed by atoms with Crippen molar-refractivity contribution in [3.8, 4) is 0 Å². The lowest BCUT2D eigenvalue weighted by Crippen LogP contribution is -2.59. The second-order valence-corrected chi connectivity index (χ2v) is 3.18. The molecule has 0 aromatic heterocycles. The van der Waals surface area contributed by atoms with Crippen LogP contribution in [-0.2, 0) is 9.59 Å². The predicted molar refractivity (Wildman–Crippen MR) is 39.7 cm³/mol. The number of amides is 1. The maximum absolute atomic E-state index is 12.6. The fraction of sp³-hybridized carbons (Fsp3) is 0.714. The molecule has 0 radical (unpaired) electrons. The van der Waals surface area contributed by atoms with Crippen LogP contribution in [-0.4, -0.2) is 48.7 Å². The van der Waals surface area contributed by atoms with E-state index in [0.717, 1.165) is 14.1 Å². The van der Waals surface area contributed by atoms with Gasteiger partial charge in [-0.05, 0) is 0 Å². The molecule has 0 aliphatic heterocycles. The Morgan fingerprint density at radius 2 is 1.24 bits per heavy atom. The Labute approximate surface area is 90.2 Å². The van der Waals surface area contributed by atoms with E-state index in [1.54, 1.807) is 0 Å². The number of nitrogens with zero attached hydrogens (tertiary/aromatic N) is 1. The van der Waals surface area contributed by atoms with Gasteiger partial charge in [0.2, 0.25) is 0 Å². The summed E-state index contributed by atoms with van der Waals surface area (Å²) in [7, 11) is 1.50. The Kier molecular flexibility index (Phi) is 3.82. The van der Waals surface area contributed by atoms with Gasteiger partial charge in [-0.2, -0.15) is 30.7 Å². The van der Waals surface area contributed by atoms with Gasteiger partial charge >= 0.3 is 18.0 Å². The van der Waals surface area contributed by atoms with E-state index in [9.17, 15) is 40.3 Å². The number of likely N-dealkylation sites (N-methyl/N-ethyl adjacent to an activating group) is 1. The number of carbonyl (C=O) groups is 2. The fourth-order valence-corrected chi connectivity index (χ4v) is 0.658. The zero-order valence-corrected chi connectivity index (χ0v) is 8.41. The van der Waals surface area contributed by atoms with E-state index < -0.39 is 29.7 Å². The Morgan fingerprint density at radius 1 is 0.882 bits per heavy atom. The average Bonchev–Trinajstić information content (AvgIpc) is 2.13. The summed E-state index contributed by atoms with van der Waals surface area (Å²) >= 11 is 0. The number of rotatable bonds is 3. The van der Waals surface area contributed by atoms with Gasteiger partial charge in [0.25, 0.3) is 11.7 Å². The Balaban J connectivity index is 5.43. The second kappa shape index (κ2) is 4.15. The lowest BCUT2D eigenvalue weighted by Gasteiger charge is -2.27. The number of Topliss-reactive ketones (excluding diaryl/α,β-unsaturated/α-hetero) is 1. The molecule has 0 saturated carbocycles. The van der Waals surface area contributed by atoms with E-state index in [1.807, 2.05) is 0 Å². The molecule has 100 valence electrons. The minimum absolute atomic E-state index is 0.169. The number of halogens is 7. The summed E-state index contributed by atoms with van der Waals surface area (Å²) in [4.78, 5) is 21.4. The van der Waals surface area contributed by atoms with Crippen molar-refractivity contribution >= 4 is 11.7 Å². The molecular weight excluding hydrogens is 263 g/mol. The van der Waals surface area contributed by atoms with Crippen molar-refractivity contribution in [1.82, 2.24) is 4.90 Å². The summed E-state index contributed by atoms with van der Waals surface area (Å²) in [5, 5.41) is 0. The van der Waals surface area contributed by atoms with Gasteiger partial charge in [0.05, 0.1) is 0 Å². The zero-order chi connectivity index (χ0) is 14.2. The second-order valence-electron chi connectivity index (χ2n) is 3.18. The van der Waals surface area contributed by atoms with Crippen molar-refractivity contribution < 1.29 is 40.3 Å². The molecule has 0 saturated heterocycles. The quantitative estimate of drug-likeness (QED) is 0.575. The van der Waals surface area contributed by atoms with Crippen LogP contribution in [0.2, 0.25) is 0 Å². The molecule has 10 heteroatoms. The highest BCUT2D eigenvalue weighted by Crippen LogP contribution is 2.46. The standard InChI is InChI=1S/C7H6F7NO2/c1-15(2)4(17)3(16)5(8,9)6(10,11)7(12,13)14/h1-2H3. The van der Waals surface area contributed by atoms with Crippen LogP contribution >= 0.6 is 0 Å². The van der Waals surface area contributed by atoms with Crippen molar-refractivity contribution in [3.63, 3.8) is 0 Å². The van der Waals surface area contributed by atoms with Crippen LogP contribution in [0, 0.1) is 0 Å². The van der Waals surface area contributed by atoms with Gasteiger partial charge in [-0.15, -0.1) is 0 Å². The minimum atomic E-state index is -6.64. The fourth-order valence-electron chi connectivity index (χ4n) is 0.658. The molecule has 17 heavy (non-hydrogen) atoms. The van der Waals surface area contributed by atoms with Gasteiger partial charge in [-0.3, -0.25) is 9.59 Å². The van der Waals surface area contributed by atoms with E-state index in [2.05, 4.69) is 0 Å². The average molecular weight is 269 g/mol. The van der Waals surface area contributed by atoms with E-state index in [-0.39, 0.29) is 4.90 Å². The minimum Gasteiger partial charge on any atom is -0.342 e. The van der Waals surface area contributed by atoms with Gasteiger partial charge < -0.3 is 4.90 Å². The predicted octanol–water partition coefficient (Wildman–Crippen LogP) is 1.48. The lowest BCUT2D eigenvalue weighted by molar-refractivity contribution is -0.342. The number of carbonyl (C=O) groups excluding carboxylic acids is 2. The number of alkyl halides is 7. The monoisotopic (exact) mass is 269 g/mol. The first-order valence-electron chi connectivity index (χ1n) is 3.85. The molecule has 0 unspecified atom stereocenters. The molecule has 0 heterocycles. The Bertz CT molecular complexity index is 334. The zero-order valence-electron chi connectivity index (χ0n) is 8.41. The molecule has 0 N–H and O–H groups in total. The first-order valence-corrected chi connectivity index (χ1v) is 3.85. The van der Waals surface area contributed by atoms with Crippen molar-refractivity contribution in [2.75, 3.05) is 14.1 Å². The van der Waals surface area contributed by atoms with E-state index in [4.69, 9.17) is 0 Å². The SMILES string of the molecule is CN(C)C(=O)C(=O)C(F)(F)C(F)(F)C(F)(F)F. The van der Waals surface area contributed by atoms with Crippen molar-refractivity contribution in [2.45, 2.75) is 18.0 Å². The normalized spacial score (nSPS) is 13.5. The maximum atomic E-state index is 12.6. The topological polar surface area (TPSA) is 37.4 Å². The van der Waals surface area contributed by atoms with Crippen LogP contribution in [0.25, 0.3) is 0 Å². The van der Waals surface area contributed by atoms with Gasteiger partial charge in [-0.1, -0.05) is 0 Å². The summed E-state index contributed by atoms with van der Waals surface area (Å²) < 4.78 is 84.8. The third-order valence-electron chi connectivity index (χ3n) is 1.64. The first-order chi connectivity index (χ1) is 7.26. The van der Waals surface area contributed by atoms with Gasteiger partial charge in [0.1, 0.15) is 0 Å². The van der Waals surface area contributed by atoms with Crippen LogP contribution in [0.5, 0.6) is 0 Å². The molecule has 0 aromatic carbocycles. The summed E-state index contributed by atoms with van der Waals surface area (Å²) in [6.07, 6.45) is -6.64.